The summed E-state index contributed by atoms with van der Waals surface area (Å²) in [7, 11) is 0. The van der Waals surface area contributed by atoms with Crippen molar-refractivity contribution in [1.29, 1.82) is 0 Å². The molecular weight excluding hydrogens is 388 g/mol. The van der Waals surface area contributed by atoms with Crippen LogP contribution in [-0.4, -0.2) is 57.1 Å². The van der Waals surface area contributed by atoms with Crippen LogP contribution >= 0.6 is 0 Å². The van der Waals surface area contributed by atoms with Gasteiger partial charge in [-0.15, -0.1) is 0 Å². The molecule has 0 aromatic heterocycles. The van der Waals surface area contributed by atoms with Gasteiger partial charge < -0.3 is 9.47 Å². The third kappa shape index (κ3) is 4.68. The fraction of sp³-hybridized carbons (Fsp3) is 0.727. The first kappa shape index (κ1) is 22.3. The summed E-state index contributed by atoms with van der Waals surface area (Å²) in [5.74, 6) is -0.206. The molecule has 2 saturated heterocycles. The number of amides is 4. The molecule has 4 unspecified atom stereocenters. The average Bonchev–Trinajstić information content (AvgIpc) is 3.31. The molecule has 4 amide bonds. The molecule has 3 fully saturated rings. The summed E-state index contributed by atoms with van der Waals surface area (Å²) in [4.78, 5) is 49.4. The third-order valence-corrected chi connectivity index (χ3v) is 5.48. The van der Waals surface area contributed by atoms with Gasteiger partial charge in [-0.3, -0.25) is 9.59 Å². The van der Waals surface area contributed by atoms with Gasteiger partial charge in [-0.05, 0) is 67.2 Å². The molecule has 4 aliphatic rings. The van der Waals surface area contributed by atoms with Crippen molar-refractivity contribution in [3.05, 3.63) is 12.2 Å². The number of hydrogen-bond donors (Lipinski definition) is 0. The zero-order valence-electron chi connectivity index (χ0n) is 18.6. The highest BCUT2D eigenvalue weighted by Gasteiger charge is 2.49. The number of imide groups is 2. The molecule has 2 aliphatic carbocycles. The smallest absolute Gasteiger partial charge is 0.417 e. The van der Waals surface area contributed by atoms with Crippen molar-refractivity contribution in [2.24, 2.45) is 11.8 Å². The molecule has 0 spiro atoms. The number of carbonyl (C=O) groups excluding carboxylic acids is 4. The Labute approximate surface area is 177 Å². The summed E-state index contributed by atoms with van der Waals surface area (Å²) in [5, 5.41) is 0. The van der Waals surface area contributed by atoms with E-state index in [2.05, 4.69) is 0 Å². The number of piperidine rings is 1. The Morgan fingerprint density at radius 2 is 1.40 bits per heavy atom. The van der Waals surface area contributed by atoms with E-state index in [1.165, 1.54) is 9.80 Å². The van der Waals surface area contributed by atoms with Crippen LogP contribution in [0.25, 0.3) is 0 Å². The van der Waals surface area contributed by atoms with E-state index in [-0.39, 0.29) is 35.7 Å². The number of ether oxygens (including phenoxy) is 2. The molecule has 1 saturated carbocycles. The summed E-state index contributed by atoms with van der Waals surface area (Å²) < 4.78 is 10.4. The zero-order valence-corrected chi connectivity index (χ0v) is 18.6. The van der Waals surface area contributed by atoms with Crippen molar-refractivity contribution in [3.63, 3.8) is 0 Å². The van der Waals surface area contributed by atoms with Gasteiger partial charge in [-0.25, -0.2) is 19.4 Å². The van der Waals surface area contributed by atoms with Crippen LogP contribution in [0.5, 0.6) is 0 Å². The van der Waals surface area contributed by atoms with E-state index in [0.29, 0.717) is 0 Å². The Bertz CT molecular complexity index is 775. The van der Waals surface area contributed by atoms with Crippen molar-refractivity contribution >= 4 is 24.0 Å². The predicted octanol–water partition coefficient (Wildman–Crippen LogP) is 3.64. The molecule has 0 radical (unpaired) electrons. The lowest BCUT2D eigenvalue weighted by atomic mass is 10.1. The number of fused-ring (bicyclic) bond motifs is 4. The third-order valence-electron chi connectivity index (χ3n) is 5.48. The van der Waals surface area contributed by atoms with E-state index in [1.54, 1.807) is 20.8 Å². The molecule has 0 aromatic rings. The number of nitrogens with zero attached hydrogens (tertiary/aromatic N) is 2. The summed E-state index contributed by atoms with van der Waals surface area (Å²) >= 11 is 0. The Morgan fingerprint density at radius 1 is 0.833 bits per heavy atom. The molecule has 2 aliphatic heterocycles. The fourth-order valence-corrected chi connectivity index (χ4v) is 4.28. The van der Waals surface area contributed by atoms with Crippen LogP contribution < -0.4 is 0 Å². The molecule has 0 aromatic carbocycles. The van der Waals surface area contributed by atoms with Crippen molar-refractivity contribution in [2.45, 2.75) is 90.5 Å². The maximum absolute atomic E-state index is 11.7. The number of hydrogen-bond acceptors (Lipinski definition) is 6. The summed E-state index contributed by atoms with van der Waals surface area (Å²) in [6, 6.07) is 0.00898. The summed E-state index contributed by atoms with van der Waals surface area (Å²) in [6.07, 6.45) is 6.20. The van der Waals surface area contributed by atoms with E-state index in [0.717, 1.165) is 25.7 Å². The lowest BCUT2D eigenvalue weighted by Crippen LogP contribution is -2.44. The Hall–Kier alpha value is -2.38. The number of likely N-dealkylation sites (tertiary alicyclic amines) is 2. The number of carbonyl (C=O) groups is 4. The van der Waals surface area contributed by atoms with Crippen molar-refractivity contribution in [3.8, 4) is 0 Å². The lowest BCUT2D eigenvalue weighted by Gasteiger charge is -2.28. The SMILES string of the molecule is CC(C)(C)OC(=O)N1C(=O)C2C=CC1C2.CC(C)(C)OC(=O)N1C(=O)C2CCC1C2. The minimum absolute atomic E-state index is 0.0412. The van der Waals surface area contributed by atoms with Crippen LogP contribution in [0.3, 0.4) is 0 Å². The molecule has 166 valence electrons. The molecular formula is C22H32N2O6. The maximum atomic E-state index is 11.7. The predicted molar refractivity (Wildman–Crippen MR) is 108 cm³/mol. The van der Waals surface area contributed by atoms with E-state index >= 15 is 0 Å². The highest BCUT2D eigenvalue weighted by atomic mass is 16.6. The Balaban J connectivity index is 0.000000171. The van der Waals surface area contributed by atoms with Gasteiger partial charge in [0.25, 0.3) is 0 Å². The minimum Gasteiger partial charge on any atom is -0.443 e. The Morgan fingerprint density at radius 3 is 1.83 bits per heavy atom. The van der Waals surface area contributed by atoms with Crippen LogP contribution in [-0.2, 0) is 19.1 Å². The van der Waals surface area contributed by atoms with Crippen molar-refractivity contribution in [1.82, 2.24) is 9.80 Å². The summed E-state index contributed by atoms with van der Waals surface area (Å²) in [6.45, 7) is 10.8. The van der Waals surface area contributed by atoms with Crippen molar-refractivity contribution < 1.29 is 28.7 Å². The zero-order chi connectivity index (χ0) is 22.4. The fourth-order valence-electron chi connectivity index (χ4n) is 4.28. The van der Waals surface area contributed by atoms with Crippen LogP contribution in [0.15, 0.2) is 12.2 Å². The molecule has 8 heteroatoms. The second-order valence-corrected chi connectivity index (χ2v) is 10.3. The Kier molecular flexibility index (Phi) is 5.73. The van der Waals surface area contributed by atoms with Gasteiger partial charge in [0.1, 0.15) is 11.2 Å². The first-order chi connectivity index (χ1) is 13.8. The second-order valence-electron chi connectivity index (χ2n) is 10.3. The highest BCUT2D eigenvalue weighted by Crippen LogP contribution is 2.39. The molecule has 4 bridgehead atoms. The normalized spacial score (nSPS) is 29.3. The van der Waals surface area contributed by atoms with Crippen LogP contribution in [0.1, 0.15) is 67.2 Å². The molecule has 0 N–H and O–H groups in total. The number of rotatable bonds is 0. The molecule has 4 rings (SSSR count). The van der Waals surface area contributed by atoms with Gasteiger partial charge in [-0.2, -0.15) is 0 Å². The largest absolute Gasteiger partial charge is 0.443 e. The highest BCUT2D eigenvalue weighted by molar-refractivity contribution is 5.98. The molecule has 8 nitrogen and oxygen atoms in total. The van der Waals surface area contributed by atoms with E-state index < -0.39 is 23.4 Å². The van der Waals surface area contributed by atoms with Crippen LogP contribution in [0.2, 0.25) is 0 Å². The van der Waals surface area contributed by atoms with Gasteiger partial charge in [0.15, 0.2) is 0 Å². The first-order valence-corrected chi connectivity index (χ1v) is 10.6. The van der Waals surface area contributed by atoms with Gasteiger partial charge in [-0.1, -0.05) is 12.2 Å². The maximum Gasteiger partial charge on any atom is 0.417 e. The molecule has 2 heterocycles. The summed E-state index contributed by atoms with van der Waals surface area (Å²) in [5.41, 5.74) is -1.08. The van der Waals surface area contributed by atoms with E-state index in [9.17, 15) is 19.2 Å². The van der Waals surface area contributed by atoms with Crippen LogP contribution in [0, 0.1) is 11.8 Å². The minimum atomic E-state index is -0.553. The van der Waals surface area contributed by atoms with Crippen LogP contribution in [0.4, 0.5) is 9.59 Å². The molecule has 30 heavy (non-hydrogen) atoms. The van der Waals surface area contributed by atoms with E-state index in [4.69, 9.17) is 9.47 Å². The molecule has 4 atom stereocenters. The standard InChI is InChI=1S/C11H17NO3.C11H15NO3/c2*1-11(2,3)15-10(14)12-8-5-4-7(6-8)9(12)13/h7-8H,4-6H2,1-3H3;4-5,7-8H,6H2,1-3H3. The van der Waals surface area contributed by atoms with Gasteiger partial charge >= 0.3 is 12.2 Å². The van der Waals surface area contributed by atoms with E-state index in [1.807, 2.05) is 32.9 Å². The second kappa shape index (κ2) is 7.71. The van der Waals surface area contributed by atoms with Gasteiger partial charge in [0.05, 0.1) is 12.0 Å². The quantitative estimate of drug-likeness (QED) is 0.556. The topological polar surface area (TPSA) is 93.2 Å². The van der Waals surface area contributed by atoms with Gasteiger partial charge in [0.2, 0.25) is 11.8 Å². The van der Waals surface area contributed by atoms with Crippen molar-refractivity contribution in [2.75, 3.05) is 0 Å². The monoisotopic (exact) mass is 420 g/mol. The first-order valence-electron chi connectivity index (χ1n) is 10.6. The average molecular weight is 421 g/mol. The van der Waals surface area contributed by atoms with Gasteiger partial charge in [0, 0.05) is 12.0 Å². The lowest BCUT2D eigenvalue weighted by molar-refractivity contribution is -0.133.